The van der Waals surface area contributed by atoms with Crippen LogP contribution in [-0.4, -0.2) is 24.8 Å². The first-order chi connectivity index (χ1) is 4.63. The number of rotatable bonds is 3. The van der Waals surface area contributed by atoms with Crippen LogP contribution in [0, 0.1) is 11.8 Å². The summed E-state index contributed by atoms with van der Waals surface area (Å²) in [6.45, 7) is 3.61. The first-order valence-electron chi connectivity index (χ1n) is 3.32. The van der Waals surface area contributed by atoms with Crippen LogP contribution in [0.2, 0.25) is 0 Å². The number of carbonyl (C=O) groups is 1. The Balaban J connectivity index is 3.93. The standard InChI is InChI=1S/C7H14O3/c1-5(2)6(4-8)7(9)10-3/h5-6,8H,4H2,1-3H3/t6-/m1/s1. The Morgan fingerprint density at radius 1 is 1.60 bits per heavy atom. The first-order valence-corrected chi connectivity index (χ1v) is 3.32. The third kappa shape index (κ3) is 2.35. The van der Waals surface area contributed by atoms with Gasteiger partial charge in [0.05, 0.1) is 19.6 Å². The molecule has 0 amide bonds. The molecule has 0 spiro atoms. The van der Waals surface area contributed by atoms with Crippen molar-refractivity contribution in [1.29, 1.82) is 0 Å². The molecule has 0 aromatic carbocycles. The van der Waals surface area contributed by atoms with Gasteiger partial charge in [0.1, 0.15) is 0 Å². The Morgan fingerprint density at radius 3 is 2.20 bits per heavy atom. The fourth-order valence-electron chi connectivity index (χ4n) is 0.709. The highest BCUT2D eigenvalue weighted by Gasteiger charge is 2.21. The van der Waals surface area contributed by atoms with E-state index >= 15 is 0 Å². The third-order valence-corrected chi connectivity index (χ3v) is 1.51. The Morgan fingerprint density at radius 2 is 2.10 bits per heavy atom. The summed E-state index contributed by atoms with van der Waals surface area (Å²) < 4.78 is 4.47. The van der Waals surface area contributed by atoms with Crippen LogP contribution in [0.5, 0.6) is 0 Å². The summed E-state index contributed by atoms with van der Waals surface area (Å²) in [5.74, 6) is -0.569. The summed E-state index contributed by atoms with van der Waals surface area (Å²) in [5.41, 5.74) is 0. The van der Waals surface area contributed by atoms with E-state index in [4.69, 9.17) is 5.11 Å². The molecule has 0 aromatic heterocycles. The van der Waals surface area contributed by atoms with Gasteiger partial charge in [-0.3, -0.25) is 4.79 Å². The van der Waals surface area contributed by atoms with E-state index in [1.807, 2.05) is 13.8 Å². The largest absolute Gasteiger partial charge is 0.469 e. The molecule has 1 N–H and O–H groups in total. The van der Waals surface area contributed by atoms with E-state index in [2.05, 4.69) is 4.74 Å². The van der Waals surface area contributed by atoms with Crippen LogP contribution in [0.3, 0.4) is 0 Å². The summed E-state index contributed by atoms with van der Waals surface area (Å²) in [6.07, 6.45) is 0. The third-order valence-electron chi connectivity index (χ3n) is 1.51. The molecule has 0 aliphatic heterocycles. The van der Waals surface area contributed by atoms with E-state index in [1.54, 1.807) is 0 Å². The lowest BCUT2D eigenvalue weighted by atomic mass is 9.97. The lowest BCUT2D eigenvalue weighted by molar-refractivity contribution is -0.148. The molecule has 0 aromatic rings. The molecule has 0 radical (unpaired) electrons. The fourth-order valence-corrected chi connectivity index (χ4v) is 0.709. The van der Waals surface area contributed by atoms with Crippen molar-refractivity contribution in [3.63, 3.8) is 0 Å². The maximum Gasteiger partial charge on any atom is 0.311 e. The molecule has 3 nitrogen and oxygen atoms in total. The smallest absolute Gasteiger partial charge is 0.311 e. The quantitative estimate of drug-likeness (QED) is 0.587. The number of carbonyl (C=O) groups excluding carboxylic acids is 1. The van der Waals surface area contributed by atoms with Crippen molar-refractivity contribution in [2.45, 2.75) is 13.8 Å². The Labute approximate surface area is 61.0 Å². The van der Waals surface area contributed by atoms with Gasteiger partial charge >= 0.3 is 5.97 Å². The van der Waals surface area contributed by atoms with Crippen LogP contribution in [0.25, 0.3) is 0 Å². The van der Waals surface area contributed by atoms with Crippen molar-refractivity contribution in [3.05, 3.63) is 0 Å². The molecule has 0 aliphatic rings. The van der Waals surface area contributed by atoms with Crippen LogP contribution in [-0.2, 0) is 9.53 Å². The van der Waals surface area contributed by atoms with E-state index in [1.165, 1.54) is 7.11 Å². The van der Waals surface area contributed by atoms with E-state index in [-0.39, 0.29) is 24.4 Å². The Bertz CT molecular complexity index is 109. The summed E-state index contributed by atoms with van der Waals surface area (Å²) in [6, 6.07) is 0. The number of aliphatic hydroxyl groups excluding tert-OH is 1. The molecule has 0 fully saturated rings. The SMILES string of the molecule is COC(=O)[C@H](CO)C(C)C. The lowest BCUT2D eigenvalue weighted by Crippen LogP contribution is -2.24. The second-order valence-corrected chi connectivity index (χ2v) is 2.56. The van der Waals surface area contributed by atoms with E-state index < -0.39 is 0 Å². The highest BCUT2D eigenvalue weighted by Crippen LogP contribution is 2.10. The average Bonchev–Trinajstić information content (AvgIpc) is 1.88. The molecule has 3 heteroatoms. The summed E-state index contributed by atoms with van der Waals surface area (Å²) in [7, 11) is 1.33. The van der Waals surface area contributed by atoms with Crippen molar-refractivity contribution in [3.8, 4) is 0 Å². The Kier molecular flexibility index (Phi) is 4.03. The number of hydrogen-bond acceptors (Lipinski definition) is 3. The molecular weight excluding hydrogens is 132 g/mol. The van der Waals surface area contributed by atoms with E-state index in [9.17, 15) is 4.79 Å². The van der Waals surface area contributed by atoms with Gasteiger partial charge in [-0.25, -0.2) is 0 Å². The molecule has 0 heterocycles. The van der Waals surface area contributed by atoms with Gasteiger partial charge in [-0.05, 0) is 5.92 Å². The predicted molar refractivity (Wildman–Crippen MR) is 37.4 cm³/mol. The zero-order chi connectivity index (χ0) is 8.15. The van der Waals surface area contributed by atoms with Crippen molar-refractivity contribution in [2.24, 2.45) is 11.8 Å². The minimum atomic E-state index is -0.370. The van der Waals surface area contributed by atoms with Gasteiger partial charge in [0.15, 0.2) is 0 Å². The number of aliphatic hydroxyl groups is 1. The number of hydrogen-bond donors (Lipinski definition) is 1. The summed E-state index contributed by atoms with van der Waals surface area (Å²) in [5, 5.41) is 8.70. The van der Waals surface area contributed by atoms with Gasteiger partial charge < -0.3 is 9.84 Å². The first kappa shape index (κ1) is 9.43. The second-order valence-electron chi connectivity index (χ2n) is 2.56. The maximum absolute atomic E-state index is 10.8. The minimum Gasteiger partial charge on any atom is -0.469 e. The predicted octanol–water partition coefficient (Wildman–Crippen LogP) is 0.424. The fraction of sp³-hybridized carbons (Fsp3) is 0.857. The Hall–Kier alpha value is -0.570. The van der Waals surface area contributed by atoms with E-state index in [0.717, 1.165) is 0 Å². The highest BCUT2D eigenvalue weighted by molar-refractivity contribution is 5.72. The number of esters is 1. The van der Waals surface area contributed by atoms with Crippen molar-refractivity contribution < 1.29 is 14.6 Å². The summed E-state index contributed by atoms with van der Waals surface area (Å²) in [4.78, 5) is 10.8. The van der Waals surface area contributed by atoms with Gasteiger partial charge in [-0.2, -0.15) is 0 Å². The highest BCUT2D eigenvalue weighted by atomic mass is 16.5. The molecule has 0 saturated heterocycles. The van der Waals surface area contributed by atoms with Crippen LogP contribution in [0.15, 0.2) is 0 Å². The van der Waals surface area contributed by atoms with Gasteiger partial charge in [0, 0.05) is 0 Å². The van der Waals surface area contributed by atoms with Gasteiger partial charge in [0.25, 0.3) is 0 Å². The zero-order valence-electron chi connectivity index (χ0n) is 6.63. The van der Waals surface area contributed by atoms with Crippen molar-refractivity contribution >= 4 is 5.97 Å². The molecular formula is C7H14O3. The van der Waals surface area contributed by atoms with Crippen molar-refractivity contribution in [1.82, 2.24) is 0 Å². The number of ether oxygens (including phenoxy) is 1. The monoisotopic (exact) mass is 146 g/mol. The average molecular weight is 146 g/mol. The van der Waals surface area contributed by atoms with Crippen LogP contribution in [0.1, 0.15) is 13.8 Å². The molecule has 10 heavy (non-hydrogen) atoms. The maximum atomic E-state index is 10.8. The molecule has 0 aliphatic carbocycles. The normalized spacial score (nSPS) is 13.3. The number of methoxy groups -OCH3 is 1. The van der Waals surface area contributed by atoms with Crippen LogP contribution >= 0.6 is 0 Å². The second kappa shape index (κ2) is 4.28. The molecule has 0 unspecified atom stereocenters. The minimum absolute atomic E-state index is 0.135. The molecule has 0 saturated carbocycles. The van der Waals surface area contributed by atoms with E-state index in [0.29, 0.717) is 0 Å². The molecule has 0 bridgehead atoms. The van der Waals surface area contributed by atoms with Crippen LogP contribution in [0.4, 0.5) is 0 Å². The zero-order valence-corrected chi connectivity index (χ0v) is 6.63. The molecule has 0 rings (SSSR count). The molecule has 60 valence electrons. The van der Waals surface area contributed by atoms with Gasteiger partial charge in [0.2, 0.25) is 0 Å². The molecule has 1 atom stereocenters. The summed E-state index contributed by atoms with van der Waals surface area (Å²) >= 11 is 0. The van der Waals surface area contributed by atoms with Gasteiger partial charge in [-0.15, -0.1) is 0 Å². The topological polar surface area (TPSA) is 46.5 Å². The van der Waals surface area contributed by atoms with Crippen LogP contribution < -0.4 is 0 Å². The van der Waals surface area contributed by atoms with Gasteiger partial charge in [-0.1, -0.05) is 13.8 Å². The lowest BCUT2D eigenvalue weighted by Gasteiger charge is -2.14. The van der Waals surface area contributed by atoms with Crippen molar-refractivity contribution in [2.75, 3.05) is 13.7 Å².